The summed E-state index contributed by atoms with van der Waals surface area (Å²) >= 11 is 0. The Kier molecular flexibility index (Phi) is 4.27. The van der Waals surface area contributed by atoms with Crippen LogP contribution in [0.1, 0.15) is 48.2 Å². The summed E-state index contributed by atoms with van der Waals surface area (Å²) < 4.78 is 0. The fourth-order valence-corrected chi connectivity index (χ4v) is 4.58. The zero-order valence-corrected chi connectivity index (χ0v) is 15.3. The van der Waals surface area contributed by atoms with Gasteiger partial charge < -0.3 is 9.80 Å². The molecule has 0 bridgehead atoms. The van der Waals surface area contributed by atoms with Gasteiger partial charge in [-0.3, -0.25) is 9.59 Å². The van der Waals surface area contributed by atoms with Crippen LogP contribution in [0.25, 0.3) is 0 Å². The van der Waals surface area contributed by atoms with Gasteiger partial charge in [-0.15, -0.1) is 0 Å². The molecule has 2 aromatic carbocycles. The van der Waals surface area contributed by atoms with Crippen molar-refractivity contribution >= 4 is 11.8 Å². The standard InChI is InChI=1S/C22H24N2O2/c1-15(25)23-13-11-17-7-3-5-9-19(17)21(23)22-20-10-6-4-8-18(20)12-14-24(22)16(2)26/h3-10,21-22H,11-14H2,1-2H3. The van der Waals surface area contributed by atoms with Crippen molar-refractivity contribution in [2.45, 2.75) is 38.8 Å². The highest BCUT2D eigenvalue weighted by Crippen LogP contribution is 2.45. The van der Waals surface area contributed by atoms with Gasteiger partial charge in [-0.25, -0.2) is 0 Å². The second kappa shape index (κ2) is 6.60. The van der Waals surface area contributed by atoms with Crippen LogP contribution in [0.15, 0.2) is 48.5 Å². The maximum atomic E-state index is 12.5. The van der Waals surface area contributed by atoms with Crippen molar-refractivity contribution in [3.8, 4) is 0 Å². The molecule has 2 unspecified atom stereocenters. The average Bonchev–Trinajstić information content (AvgIpc) is 2.66. The van der Waals surface area contributed by atoms with E-state index >= 15 is 0 Å². The second-order valence-corrected chi connectivity index (χ2v) is 7.21. The maximum Gasteiger partial charge on any atom is 0.220 e. The predicted molar refractivity (Wildman–Crippen MR) is 101 cm³/mol. The van der Waals surface area contributed by atoms with Crippen molar-refractivity contribution in [3.63, 3.8) is 0 Å². The Morgan fingerprint density at radius 2 is 1.12 bits per heavy atom. The van der Waals surface area contributed by atoms with Crippen LogP contribution in [0.2, 0.25) is 0 Å². The monoisotopic (exact) mass is 348 g/mol. The number of carbonyl (C=O) groups is 2. The van der Waals surface area contributed by atoms with E-state index in [1.165, 1.54) is 22.3 Å². The number of benzene rings is 2. The van der Waals surface area contributed by atoms with Gasteiger partial charge in [-0.1, -0.05) is 48.5 Å². The van der Waals surface area contributed by atoms with E-state index in [4.69, 9.17) is 0 Å². The first-order chi connectivity index (χ1) is 12.6. The lowest BCUT2D eigenvalue weighted by Gasteiger charge is -2.47. The van der Waals surface area contributed by atoms with Crippen LogP contribution in [-0.4, -0.2) is 34.7 Å². The summed E-state index contributed by atoms with van der Waals surface area (Å²) in [6.07, 6.45) is 1.72. The second-order valence-electron chi connectivity index (χ2n) is 7.21. The lowest BCUT2D eigenvalue weighted by Crippen LogP contribution is -2.49. The molecule has 4 nitrogen and oxygen atoms in total. The summed E-state index contributed by atoms with van der Waals surface area (Å²) in [6, 6.07) is 16.4. The van der Waals surface area contributed by atoms with E-state index < -0.39 is 0 Å². The van der Waals surface area contributed by atoms with Crippen LogP contribution in [0.3, 0.4) is 0 Å². The van der Waals surface area contributed by atoms with Crippen molar-refractivity contribution in [2.24, 2.45) is 0 Å². The number of hydrogen-bond acceptors (Lipinski definition) is 2. The predicted octanol–water partition coefficient (Wildman–Crippen LogP) is 3.28. The molecule has 0 fully saturated rings. The first-order valence-corrected chi connectivity index (χ1v) is 9.28. The normalized spacial score (nSPS) is 21.8. The molecule has 0 saturated heterocycles. The maximum absolute atomic E-state index is 12.5. The highest BCUT2D eigenvalue weighted by atomic mass is 16.2. The minimum Gasteiger partial charge on any atom is -0.333 e. The van der Waals surface area contributed by atoms with Crippen LogP contribution in [0.5, 0.6) is 0 Å². The van der Waals surface area contributed by atoms with Crippen LogP contribution in [0, 0.1) is 0 Å². The van der Waals surface area contributed by atoms with Crippen molar-refractivity contribution in [1.82, 2.24) is 9.80 Å². The number of rotatable bonds is 1. The molecule has 0 aromatic heterocycles. The van der Waals surface area contributed by atoms with E-state index in [9.17, 15) is 9.59 Å². The highest BCUT2D eigenvalue weighted by molar-refractivity contribution is 5.76. The zero-order valence-electron chi connectivity index (χ0n) is 15.3. The van der Waals surface area contributed by atoms with Crippen LogP contribution in [-0.2, 0) is 22.4 Å². The SMILES string of the molecule is CC(=O)N1CCc2ccccc2C1C1c2ccccc2CCN1C(C)=O. The van der Waals surface area contributed by atoms with Crippen molar-refractivity contribution < 1.29 is 9.59 Å². The van der Waals surface area contributed by atoms with Crippen molar-refractivity contribution in [1.29, 1.82) is 0 Å². The summed E-state index contributed by atoms with van der Waals surface area (Å²) in [5, 5.41) is 0. The molecule has 2 atom stereocenters. The first kappa shape index (κ1) is 16.8. The molecule has 4 heteroatoms. The van der Waals surface area contributed by atoms with Crippen molar-refractivity contribution in [2.75, 3.05) is 13.1 Å². The topological polar surface area (TPSA) is 40.6 Å². The summed E-state index contributed by atoms with van der Waals surface area (Å²) in [5.74, 6) is 0.132. The molecule has 2 aliphatic rings. The Bertz CT molecular complexity index is 789. The molecule has 2 amide bonds. The molecule has 0 saturated carbocycles. The molecule has 0 aliphatic carbocycles. The third-order valence-electron chi connectivity index (χ3n) is 5.77. The molecule has 4 rings (SSSR count). The van der Waals surface area contributed by atoms with E-state index in [0.29, 0.717) is 13.1 Å². The van der Waals surface area contributed by atoms with E-state index in [1.54, 1.807) is 13.8 Å². The Morgan fingerprint density at radius 1 is 0.731 bits per heavy atom. The summed E-state index contributed by atoms with van der Waals surface area (Å²) in [4.78, 5) is 28.8. The molecule has 134 valence electrons. The molecule has 26 heavy (non-hydrogen) atoms. The molecule has 0 radical (unpaired) electrons. The van der Waals surface area contributed by atoms with Gasteiger partial charge in [0.15, 0.2) is 0 Å². The van der Waals surface area contributed by atoms with Crippen molar-refractivity contribution in [3.05, 3.63) is 70.8 Å². The molecular formula is C22H24N2O2. The third kappa shape index (κ3) is 2.70. The molecular weight excluding hydrogens is 324 g/mol. The third-order valence-corrected chi connectivity index (χ3v) is 5.77. The fraction of sp³-hybridized carbons (Fsp3) is 0.364. The summed E-state index contributed by atoms with van der Waals surface area (Å²) in [5.41, 5.74) is 4.90. The number of amides is 2. The number of carbonyl (C=O) groups excluding carboxylic acids is 2. The Morgan fingerprint density at radius 3 is 1.50 bits per heavy atom. The van der Waals surface area contributed by atoms with Gasteiger partial charge in [0.25, 0.3) is 0 Å². The molecule has 0 spiro atoms. The van der Waals surface area contributed by atoms with E-state index in [2.05, 4.69) is 36.4 Å². The van der Waals surface area contributed by atoms with Crippen LogP contribution < -0.4 is 0 Å². The fourth-order valence-electron chi connectivity index (χ4n) is 4.58. The van der Waals surface area contributed by atoms with Gasteiger partial charge in [0.1, 0.15) is 0 Å². The Balaban J connectivity index is 1.91. The smallest absolute Gasteiger partial charge is 0.220 e. The lowest BCUT2D eigenvalue weighted by atomic mass is 9.81. The number of nitrogens with zero attached hydrogens (tertiary/aromatic N) is 2. The van der Waals surface area contributed by atoms with Crippen LogP contribution in [0.4, 0.5) is 0 Å². The molecule has 2 aromatic rings. The van der Waals surface area contributed by atoms with E-state index in [0.717, 1.165) is 12.8 Å². The lowest BCUT2D eigenvalue weighted by molar-refractivity contribution is -0.140. The quantitative estimate of drug-likeness (QED) is 0.793. The number of fused-ring (bicyclic) bond motifs is 2. The van der Waals surface area contributed by atoms with E-state index in [1.807, 2.05) is 21.9 Å². The number of hydrogen-bond donors (Lipinski definition) is 0. The first-order valence-electron chi connectivity index (χ1n) is 9.28. The zero-order chi connectivity index (χ0) is 18.3. The Hall–Kier alpha value is -2.62. The van der Waals surface area contributed by atoms with Gasteiger partial charge in [0.2, 0.25) is 11.8 Å². The molecule has 2 aliphatic heterocycles. The average molecular weight is 348 g/mol. The minimum absolute atomic E-state index is 0.0658. The van der Waals surface area contributed by atoms with Crippen LogP contribution >= 0.6 is 0 Å². The highest BCUT2D eigenvalue weighted by Gasteiger charge is 2.42. The summed E-state index contributed by atoms with van der Waals surface area (Å²) in [6.45, 7) is 4.66. The minimum atomic E-state index is -0.136. The van der Waals surface area contributed by atoms with Gasteiger partial charge in [0, 0.05) is 26.9 Å². The molecule has 2 heterocycles. The Labute approximate surface area is 154 Å². The molecule has 0 N–H and O–H groups in total. The van der Waals surface area contributed by atoms with Gasteiger partial charge >= 0.3 is 0 Å². The van der Waals surface area contributed by atoms with Gasteiger partial charge in [-0.2, -0.15) is 0 Å². The summed E-state index contributed by atoms with van der Waals surface area (Å²) in [7, 11) is 0. The largest absolute Gasteiger partial charge is 0.333 e. The van der Waals surface area contributed by atoms with E-state index in [-0.39, 0.29) is 23.9 Å². The van der Waals surface area contributed by atoms with Gasteiger partial charge in [0.05, 0.1) is 12.1 Å². The van der Waals surface area contributed by atoms with Gasteiger partial charge in [-0.05, 0) is 35.1 Å².